The van der Waals surface area contributed by atoms with Crippen LogP contribution in [0.3, 0.4) is 0 Å². The zero-order valence-corrected chi connectivity index (χ0v) is 17.8. The summed E-state index contributed by atoms with van der Waals surface area (Å²) in [7, 11) is -17.6. The molecule has 2 rings (SSSR count). The van der Waals surface area contributed by atoms with Gasteiger partial charge in [0.1, 0.15) is 0 Å². The summed E-state index contributed by atoms with van der Waals surface area (Å²) in [6.45, 7) is 0. The van der Waals surface area contributed by atoms with Crippen LogP contribution in [0.5, 0.6) is 0 Å². The Bertz CT molecular complexity index is 1100. The summed E-state index contributed by atoms with van der Waals surface area (Å²) in [4.78, 5) is 48.4. The predicted octanol–water partition coefficient (Wildman–Crippen LogP) is 1.76. The molecule has 0 amide bonds. The smallest absolute Gasteiger partial charge is 0.325 e. The third-order valence-corrected chi connectivity index (χ3v) is 7.52. The second-order valence-electron chi connectivity index (χ2n) is 5.70. The standard InChI is InChI=1S/C9H11F4N2O12P3S/c10-8(9(11,12)13)3-5(24-6(8)15-2-1-4(16)14-7(15)31)25-29(20,21)27-30(22,23)26-28(17,18)19/h1-2,5-6H,3H2,(H,20,21)(H,22,23)(H,14,16,31)(H2,17,18,19)/t5-,6-,8?/m1/s1. The molecule has 0 aromatic carbocycles. The molecule has 3 unspecified atom stereocenters. The average molecular weight is 540 g/mol. The van der Waals surface area contributed by atoms with Crippen LogP contribution in [0, 0.1) is 4.77 Å². The van der Waals surface area contributed by atoms with Gasteiger partial charge in [-0.15, -0.1) is 0 Å². The Balaban J connectivity index is 2.32. The molecule has 1 fully saturated rings. The van der Waals surface area contributed by atoms with Gasteiger partial charge in [-0.2, -0.15) is 21.8 Å². The lowest BCUT2D eigenvalue weighted by Gasteiger charge is -2.28. The van der Waals surface area contributed by atoms with E-state index in [2.05, 4.69) is 30.1 Å². The number of hydrogen-bond donors (Lipinski definition) is 5. The van der Waals surface area contributed by atoms with Gasteiger partial charge < -0.3 is 24.3 Å². The van der Waals surface area contributed by atoms with E-state index in [1.54, 1.807) is 0 Å². The first-order valence-corrected chi connectivity index (χ1v) is 12.2. The maximum atomic E-state index is 14.9. The molecule has 178 valence electrons. The molecule has 0 radical (unpaired) electrons. The summed E-state index contributed by atoms with van der Waals surface area (Å²) in [6, 6.07) is 0.672. The summed E-state index contributed by atoms with van der Waals surface area (Å²) >= 11 is 4.64. The molecule has 0 bridgehead atoms. The molecule has 1 saturated heterocycles. The van der Waals surface area contributed by atoms with Gasteiger partial charge in [-0.3, -0.25) is 18.9 Å². The lowest BCUT2D eigenvalue weighted by Crippen LogP contribution is -2.45. The number of halogens is 4. The van der Waals surface area contributed by atoms with Gasteiger partial charge in [0.15, 0.2) is 17.3 Å². The molecule has 0 aliphatic carbocycles. The van der Waals surface area contributed by atoms with Crippen LogP contribution >= 0.6 is 35.7 Å². The zero-order valence-electron chi connectivity index (χ0n) is 14.3. The van der Waals surface area contributed by atoms with Gasteiger partial charge in [0.2, 0.25) is 0 Å². The quantitative estimate of drug-likeness (QED) is 0.190. The summed E-state index contributed by atoms with van der Waals surface area (Å²) in [5, 5.41) is 0. The van der Waals surface area contributed by atoms with Crippen molar-refractivity contribution in [1.29, 1.82) is 0 Å². The number of aromatic nitrogens is 2. The van der Waals surface area contributed by atoms with Crippen LogP contribution in [0.25, 0.3) is 0 Å². The minimum absolute atomic E-state index is 0.324. The fourth-order valence-corrected chi connectivity index (χ4v) is 5.65. The number of nitrogens with zero attached hydrogens (tertiary/aromatic N) is 1. The van der Waals surface area contributed by atoms with Crippen molar-refractivity contribution in [3.05, 3.63) is 27.4 Å². The molecule has 1 aromatic heterocycles. The Hall–Kier alpha value is -0.810. The Morgan fingerprint density at radius 3 is 2.26 bits per heavy atom. The minimum Gasteiger partial charge on any atom is -0.325 e. The Morgan fingerprint density at radius 1 is 1.19 bits per heavy atom. The highest BCUT2D eigenvalue weighted by atomic mass is 32.1. The van der Waals surface area contributed by atoms with Crippen molar-refractivity contribution in [2.45, 2.75) is 30.8 Å². The van der Waals surface area contributed by atoms with Gasteiger partial charge in [0, 0.05) is 18.7 Å². The Kier molecular flexibility index (Phi) is 7.26. The van der Waals surface area contributed by atoms with Gasteiger partial charge in [0.05, 0.1) is 0 Å². The monoisotopic (exact) mass is 540 g/mol. The van der Waals surface area contributed by atoms with Gasteiger partial charge in [-0.05, 0) is 12.2 Å². The highest BCUT2D eigenvalue weighted by Gasteiger charge is 2.68. The third kappa shape index (κ3) is 6.60. The van der Waals surface area contributed by atoms with E-state index in [1.807, 2.05) is 4.98 Å². The number of phosphoric acid groups is 3. The molecule has 31 heavy (non-hydrogen) atoms. The number of alkyl halides is 4. The van der Waals surface area contributed by atoms with Gasteiger partial charge >= 0.3 is 29.6 Å². The number of ether oxygens (including phenoxy) is 1. The van der Waals surface area contributed by atoms with Gasteiger partial charge in [-0.25, -0.2) is 18.1 Å². The van der Waals surface area contributed by atoms with Crippen LogP contribution in [0.2, 0.25) is 0 Å². The molecule has 14 nitrogen and oxygen atoms in total. The van der Waals surface area contributed by atoms with Gasteiger partial charge in [0.25, 0.3) is 11.2 Å². The first kappa shape index (κ1) is 26.4. The maximum Gasteiger partial charge on any atom is 0.490 e. The number of rotatable bonds is 7. The van der Waals surface area contributed by atoms with E-state index in [0.29, 0.717) is 16.8 Å². The second-order valence-corrected chi connectivity index (χ2v) is 10.5. The summed E-state index contributed by atoms with van der Waals surface area (Å²) in [5.41, 5.74) is -5.15. The van der Waals surface area contributed by atoms with Gasteiger partial charge in [-0.1, -0.05) is 0 Å². The first-order chi connectivity index (χ1) is 13.7. The van der Waals surface area contributed by atoms with Crippen molar-refractivity contribution >= 4 is 35.7 Å². The zero-order chi connectivity index (χ0) is 24.0. The maximum absolute atomic E-state index is 14.9. The lowest BCUT2D eigenvalue weighted by atomic mass is 10.0. The molecule has 22 heteroatoms. The SMILES string of the molecule is O=c1ccn([C@@H]2O[C@H](OP(=O)(O)OP(=O)(O)OP(=O)(O)O)CC2(F)C(F)(F)F)c(=S)[nH]1. The molecule has 1 aliphatic rings. The van der Waals surface area contributed by atoms with E-state index < -0.39 is 64.6 Å². The summed E-state index contributed by atoms with van der Waals surface area (Å²) < 4.78 is 104. The van der Waals surface area contributed by atoms with E-state index in [1.165, 1.54) is 0 Å². The van der Waals surface area contributed by atoms with Crippen LogP contribution in [0.15, 0.2) is 17.1 Å². The number of nitrogens with one attached hydrogen (secondary N) is 1. The highest BCUT2D eigenvalue weighted by molar-refractivity contribution is 7.71. The fraction of sp³-hybridized carbons (Fsp3) is 0.556. The third-order valence-electron chi connectivity index (χ3n) is 3.38. The minimum atomic E-state index is -5.98. The summed E-state index contributed by atoms with van der Waals surface area (Å²) in [5.74, 6) is 0. The van der Waals surface area contributed by atoms with E-state index >= 15 is 0 Å². The van der Waals surface area contributed by atoms with Crippen LogP contribution in [-0.4, -0.2) is 47.3 Å². The largest absolute Gasteiger partial charge is 0.490 e. The van der Waals surface area contributed by atoms with Crippen molar-refractivity contribution < 1.29 is 68.7 Å². The molecule has 5 atom stereocenters. The topological polar surface area (TPSA) is 207 Å². The van der Waals surface area contributed by atoms with E-state index in [4.69, 9.17) is 14.7 Å². The number of aromatic amines is 1. The van der Waals surface area contributed by atoms with E-state index in [-0.39, 0.29) is 0 Å². The second kappa shape index (κ2) is 8.52. The molecule has 1 aliphatic heterocycles. The molecular formula is C9H11F4N2O12P3S. The van der Waals surface area contributed by atoms with E-state index in [0.717, 1.165) is 0 Å². The highest BCUT2D eigenvalue weighted by Crippen LogP contribution is 2.67. The van der Waals surface area contributed by atoms with Crippen molar-refractivity contribution in [3.63, 3.8) is 0 Å². The Morgan fingerprint density at radius 2 is 1.77 bits per heavy atom. The van der Waals surface area contributed by atoms with Crippen LogP contribution in [0.1, 0.15) is 12.6 Å². The van der Waals surface area contributed by atoms with Crippen LogP contribution in [-0.2, 0) is 31.6 Å². The van der Waals surface area contributed by atoms with Crippen molar-refractivity contribution in [1.82, 2.24) is 9.55 Å². The van der Waals surface area contributed by atoms with E-state index in [9.17, 15) is 40.9 Å². The predicted molar refractivity (Wildman–Crippen MR) is 89.3 cm³/mol. The molecule has 5 N–H and O–H groups in total. The number of hydrogen-bond acceptors (Lipinski definition) is 9. The van der Waals surface area contributed by atoms with Crippen molar-refractivity contribution in [2.24, 2.45) is 0 Å². The molecular weight excluding hydrogens is 529 g/mol. The van der Waals surface area contributed by atoms with Crippen molar-refractivity contribution in [2.75, 3.05) is 0 Å². The normalized spacial score (nSPS) is 28.8. The average Bonchev–Trinajstić information content (AvgIpc) is 2.79. The first-order valence-electron chi connectivity index (χ1n) is 7.29. The number of phosphoric ester groups is 1. The lowest BCUT2D eigenvalue weighted by molar-refractivity contribution is -0.257. The Labute approximate surface area is 172 Å². The van der Waals surface area contributed by atoms with Crippen LogP contribution < -0.4 is 5.56 Å². The molecule has 0 saturated carbocycles. The molecule has 1 aromatic rings. The summed E-state index contributed by atoms with van der Waals surface area (Å²) in [6.07, 6.45) is -12.1. The van der Waals surface area contributed by atoms with Crippen molar-refractivity contribution in [3.8, 4) is 0 Å². The molecule has 0 spiro atoms. The number of H-pyrrole nitrogens is 1. The fourth-order valence-electron chi connectivity index (χ4n) is 2.31. The molecule has 2 heterocycles. The van der Waals surface area contributed by atoms with Crippen LogP contribution in [0.4, 0.5) is 17.6 Å².